The summed E-state index contributed by atoms with van der Waals surface area (Å²) in [5, 5.41) is 3.50. The van der Waals surface area contributed by atoms with Crippen molar-refractivity contribution in [2.24, 2.45) is 11.3 Å². The third-order valence-corrected chi connectivity index (χ3v) is 6.24. The van der Waals surface area contributed by atoms with Crippen LogP contribution in [0.1, 0.15) is 31.4 Å². The van der Waals surface area contributed by atoms with Gasteiger partial charge in [-0.3, -0.25) is 14.7 Å². The van der Waals surface area contributed by atoms with E-state index in [1.807, 2.05) is 18.3 Å². The van der Waals surface area contributed by atoms with Crippen LogP contribution in [0.3, 0.4) is 0 Å². The van der Waals surface area contributed by atoms with Gasteiger partial charge >= 0.3 is 0 Å². The number of fused-ring (bicyclic) bond motifs is 1. The summed E-state index contributed by atoms with van der Waals surface area (Å²) >= 11 is 0. The van der Waals surface area contributed by atoms with Crippen molar-refractivity contribution >= 4 is 43.1 Å². The van der Waals surface area contributed by atoms with Gasteiger partial charge in [-0.15, -0.1) is 37.2 Å². The highest BCUT2D eigenvalue weighted by Gasteiger charge is 2.51. The summed E-state index contributed by atoms with van der Waals surface area (Å²) in [5.41, 5.74) is 1.02. The number of carbonyl (C=O) groups excluding carboxylic acids is 1. The summed E-state index contributed by atoms with van der Waals surface area (Å²) in [5.74, 6) is 0.986. The van der Waals surface area contributed by atoms with Crippen LogP contribution in [0.4, 0.5) is 0 Å². The fourth-order valence-electron chi connectivity index (χ4n) is 4.81. The van der Waals surface area contributed by atoms with E-state index in [1.54, 1.807) is 0 Å². The van der Waals surface area contributed by atoms with Gasteiger partial charge in [0.1, 0.15) is 0 Å². The SMILES string of the molecule is Cl.Cl.Cl.O=C(N1CCN(Cc2ccccn2)CC1)[C@@]12CCCC[C@H]1CNC2. The topological polar surface area (TPSA) is 48.5 Å². The van der Waals surface area contributed by atoms with Gasteiger partial charge in [-0.05, 0) is 37.4 Å². The van der Waals surface area contributed by atoms with Crippen molar-refractivity contribution in [3.63, 3.8) is 0 Å². The maximum absolute atomic E-state index is 13.3. The van der Waals surface area contributed by atoms with Crippen molar-refractivity contribution in [2.45, 2.75) is 32.2 Å². The lowest BCUT2D eigenvalue weighted by Crippen LogP contribution is -2.55. The van der Waals surface area contributed by atoms with E-state index in [1.165, 1.54) is 19.3 Å². The predicted molar refractivity (Wildman–Crippen MR) is 115 cm³/mol. The van der Waals surface area contributed by atoms with Crippen LogP contribution < -0.4 is 5.32 Å². The summed E-state index contributed by atoms with van der Waals surface area (Å²) in [6, 6.07) is 6.07. The number of hydrogen-bond acceptors (Lipinski definition) is 4. The molecule has 1 amide bonds. The zero-order valence-electron chi connectivity index (χ0n) is 15.6. The van der Waals surface area contributed by atoms with E-state index >= 15 is 0 Å². The van der Waals surface area contributed by atoms with Gasteiger partial charge in [0.25, 0.3) is 0 Å². The molecule has 0 aromatic carbocycles. The minimum absolute atomic E-state index is 0. The number of piperazine rings is 1. The summed E-state index contributed by atoms with van der Waals surface area (Å²) in [6.07, 6.45) is 6.66. The number of hydrogen-bond donors (Lipinski definition) is 1. The highest BCUT2D eigenvalue weighted by atomic mass is 35.5. The van der Waals surface area contributed by atoms with Crippen LogP contribution in [0.2, 0.25) is 0 Å². The van der Waals surface area contributed by atoms with Crippen LogP contribution in [0.15, 0.2) is 24.4 Å². The normalized spacial score (nSPS) is 27.6. The maximum Gasteiger partial charge on any atom is 0.230 e. The zero-order chi connectivity index (χ0) is 16.4. The van der Waals surface area contributed by atoms with Crippen molar-refractivity contribution in [1.82, 2.24) is 20.1 Å². The number of rotatable bonds is 3. The third kappa shape index (κ3) is 5.07. The van der Waals surface area contributed by atoms with E-state index in [4.69, 9.17) is 0 Å². The van der Waals surface area contributed by atoms with E-state index in [9.17, 15) is 4.79 Å². The molecule has 1 N–H and O–H groups in total. The molecule has 3 fully saturated rings. The van der Waals surface area contributed by atoms with E-state index in [0.717, 1.165) is 57.9 Å². The Hall–Kier alpha value is -0.590. The second-order valence-electron chi connectivity index (χ2n) is 7.62. The van der Waals surface area contributed by atoms with Crippen molar-refractivity contribution in [1.29, 1.82) is 0 Å². The van der Waals surface area contributed by atoms with Gasteiger partial charge in [-0.2, -0.15) is 0 Å². The van der Waals surface area contributed by atoms with Crippen molar-refractivity contribution in [3.8, 4) is 0 Å². The Balaban J connectivity index is 0.00000121. The van der Waals surface area contributed by atoms with Crippen LogP contribution in [0.25, 0.3) is 0 Å². The fraction of sp³-hybridized carbons (Fsp3) is 0.684. The first-order chi connectivity index (χ1) is 11.8. The number of nitrogens with one attached hydrogen (secondary N) is 1. The molecule has 2 saturated heterocycles. The summed E-state index contributed by atoms with van der Waals surface area (Å²) in [4.78, 5) is 22.2. The molecular weight excluding hydrogens is 407 g/mol. The first kappa shape index (κ1) is 24.4. The number of nitrogens with zero attached hydrogens (tertiary/aromatic N) is 3. The molecule has 0 bridgehead atoms. The molecule has 3 heterocycles. The van der Waals surface area contributed by atoms with Gasteiger partial charge in [0, 0.05) is 45.5 Å². The lowest BCUT2D eigenvalue weighted by atomic mass is 9.67. The molecule has 5 nitrogen and oxygen atoms in total. The molecule has 8 heteroatoms. The lowest BCUT2D eigenvalue weighted by molar-refractivity contribution is -0.147. The molecule has 2 aliphatic heterocycles. The average Bonchev–Trinajstić information content (AvgIpc) is 3.08. The second-order valence-corrected chi connectivity index (χ2v) is 7.62. The second kappa shape index (κ2) is 10.8. The molecule has 0 radical (unpaired) electrons. The molecule has 4 rings (SSSR count). The van der Waals surface area contributed by atoms with Crippen molar-refractivity contribution in [3.05, 3.63) is 30.1 Å². The number of pyridine rings is 1. The van der Waals surface area contributed by atoms with Gasteiger partial charge in [-0.1, -0.05) is 18.9 Å². The Kier molecular flexibility index (Phi) is 9.80. The molecular formula is C19H31Cl3N4O. The standard InChI is InChI=1S/C19H28N4O.3ClH/c24-18(19-7-3-1-5-16(19)13-20-15-19)23-11-9-22(10-12-23)14-17-6-2-4-8-21-17;;;/h2,4,6,8,16,20H,1,3,5,7,9-15H2;3*1H/t16-,19+;;;/m0.../s1. The number of amides is 1. The Morgan fingerprint density at radius 2 is 1.93 bits per heavy atom. The van der Waals surface area contributed by atoms with Crippen LogP contribution in [0.5, 0.6) is 0 Å². The van der Waals surface area contributed by atoms with Crippen LogP contribution in [0, 0.1) is 11.3 Å². The predicted octanol–water partition coefficient (Wildman–Crippen LogP) is 2.77. The van der Waals surface area contributed by atoms with Gasteiger partial charge in [0.05, 0.1) is 11.1 Å². The Morgan fingerprint density at radius 3 is 2.63 bits per heavy atom. The van der Waals surface area contributed by atoms with E-state index in [0.29, 0.717) is 11.8 Å². The smallest absolute Gasteiger partial charge is 0.230 e. The third-order valence-electron chi connectivity index (χ3n) is 6.24. The van der Waals surface area contributed by atoms with Crippen LogP contribution in [-0.2, 0) is 11.3 Å². The minimum Gasteiger partial charge on any atom is -0.340 e. The van der Waals surface area contributed by atoms with Crippen molar-refractivity contribution in [2.75, 3.05) is 39.3 Å². The largest absolute Gasteiger partial charge is 0.340 e. The Labute approximate surface area is 180 Å². The van der Waals surface area contributed by atoms with Gasteiger partial charge < -0.3 is 10.2 Å². The lowest BCUT2D eigenvalue weighted by Gasteiger charge is -2.43. The van der Waals surface area contributed by atoms with E-state index in [2.05, 4.69) is 26.2 Å². The first-order valence-electron chi connectivity index (χ1n) is 9.40. The molecule has 1 aliphatic carbocycles. The Morgan fingerprint density at radius 1 is 1.15 bits per heavy atom. The van der Waals surface area contributed by atoms with Crippen molar-refractivity contribution < 1.29 is 4.79 Å². The molecule has 1 aromatic heterocycles. The summed E-state index contributed by atoms with van der Waals surface area (Å²) < 4.78 is 0. The molecule has 0 spiro atoms. The minimum atomic E-state index is -0.0958. The van der Waals surface area contributed by atoms with E-state index in [-0.39, 0.29) is 42.6 Å². The van der Waals surface area contributed by atoms with Crippen LogP contribution >= 0.6 is 37.2 Å². The Bertz CT molecular complexity index is 584. The van der Waals surface area contributed by atoms with Gasteiger partial charge in [-0.25, -0.2) is 0 Å². The molecule has 27 heavy (non-hydrogen) atoms. The summed E-state index contributed by atoms with van der Waals surface area (Å²) in [7, 11) is 0. The molecule has 1 aromatic rings. The summed E-state index contributed by atoms with van der Waals surface area (Å²) in [6.45, 7) is 6.45. The fourth-order valence-corrected chi connectivity index (χ4v) is 4.81. The number of carbonyl (C=O) groups is 1. The maximum atomic E-state index is 13.3. The molecule has 154 valence electrons. The molecule has 0 unspecified atom stereocenters. The first-order valence-corrected chi connectivity index (χ1v) is 9.40. The van der Waals surface area contributed by atoms with Gasteiger partial charge in [0.15, 0.2) is 0 Å². The highest BCUT2D eigenvalue weighted by Crippen LogP contribution is 2.45. The monoisotopic (exact) mass is 436 g/mol. The van der Waals surface area contributed by atoms with Gasteiger partial charge in [0.2, 0.25) is 5.91 Å². The average molecular weight is 438 g/mol. The zero-order valence-corrected chi connectivity index (χ0v) is 18.1. The molecule has 2 atom stereocenters. The molecule has 3 aliphatic rings. The number of aromatic nitrogens is 1. The number of halogens is 3. The van der Waals surface area contributed by atoms with E-state index < -0.39 is 0 Å². The highest BCUT2D eigenvalue weighted by molar-refractivity contribution is 5.86. The molecule has 1 saturated carbocycles. The quantitative estimate of drug-likeness (QED) is 0.790. The van der Waals surface area contributed by atoms with Crippen LogP contribution in [-0.4, -0.2) is 60.0 Å².